The fourth-order valence-corrected chi connectivity index (χ4v) is 1.98. The van der Waals surface area contributed by atoms with Gasteiger partial charge in [0.15, 0.2) is 0 Å². The maximum absolute atomic E-state index is 12.1. The molecule has 21 heavy (non-hydrogen) atoms. The molecule has 1 N–H and O–H groups in total. The molecule has 0 amide bonds. The molecule has 1 aromatic carbocycles. The Labute approximate surface area is 121 Å². The minimum Gasteiger partial charge on any atom is -0.435 e. The molecular formula is C14H18F2N4O. The summed E-state index contributed by atoms with van der Waals surface area (Å²) in [4.78, 5) is 0. The highest BCUT2D eigenvalue weighted by atomic mass is 19.3. The van der Waals surface area contributed by atoms with Gasteiger partial charge in [0.1, 0.15) is 17.9 Å². The second kappa shape index (κ2) is 7.12. The van der Waals surface area contributed by atoms with E-state index >= 15 is 0 Å². The van der Waals surface area contributed by atoms with Crippen LogP contribution >= 0.6 is 0 Å². The third-order valence-electron chi connectivity index (χ3n) is 3.21. The van der Waals surface area contributed by atoms with Gasteiger partial charge in [-0.1, -0.05) is 12.1 Å². The molecule has 0 aliphatic carbocycles. The lowest BCUT2D eigenvalue weighted by Gasteiger charge is -2.15. The van der Waals surface area contributed by atoms with E-state index in [4.69, 9.17) is 0 Å². The van der Waals surface area contributed by atoms with Crippen LogP contribution in [-0.4, -0.2) is 21.4 Å². The van der Waals surface area contributed by atoms with Crippen LogP contribution in [0.4, 0.5) is 8.78 Å². The SMILES string of the molecule is CCn1cnnc1CNC(C)c1ccc(OC(F)F)cc1. The van der Waals surface area contributed by atoms with E-state index in [0.717, 1.165) is 17.9 Å². The average Bonchev–Trinajstić information content (AvgIpc) is 2.92. The van der Waals surface area contributed by atoms with Crippen LogP contribution in [0.2, 0.25) is 0 Å². The molecule has 1 atom stereocenters. The quantitative estimate of drug-likeness (QED) is 0.853. The normalized spacial score (nSPS) is 12.6. The molecule has 0 spiro atoms. The van der Waals surface area contributed by atoms with Crippen LogP contribution in [0.15, 0.2) is 30.6 Å². The molecule has 0 saturated heterocycles. The Balaban J connectivity index is 1.92. The number of rotatable bonds is 7. The van der Waals surface area contributed by atoms with Crippen LogP contribution in [0.1, 0.15) is 31.3 Å². The first-order valence-corrected chi connectivity index (χ1v) is 6.75. The van der Waals surface area contributed by atoms with E-state index in [0.29, 0.717) is 6.54 Å². The number of ether oxygens (including phenoxy) is 1. The second-order valence-corrected chi connectivity index (χ2v) is 4.58. The van der Waals surface area contributed by atoms with E-state index in [9.17, 15) is 8.78 Å². The Hall–Kier alpha value is -2.02. The summed E-state index contributed by atoms with van der Waals surface area (Å²) in [6.07, 6.45) is 1.69. The van der Waals surface area contributed by atoms with Crippen molar-refractivity contribution in [3.63, 3.8) is 0 Å². The molecule has 5 nitrogen and oxygen atoms in total. The van der Waals surface area contributed by atoms with Crippen molar-refractivity contribution in [2.75, 3.05) is 0 Å². The van der Waals surface area contributed by atoms with E-state index in [1.807, 2.05) is 18.4 Å². The number of benzene rings is 1. The summed E-state index contributed by atoms with van der Waals surface area (Å²) in [6.45, 7) is 2.63. The summed E-state index contributed by atoms with van der Waals surface area (Å²) < 4.78 is 30.4. The Morgan fingerprint density at radius 1 is 1.29 bits per heavy atom. The first kappa shape index (κ1) is 15.4. The zero-order valence-electron chi connectivity index (χ0n) is 12.0. The fourth-order valence-electron chi connectivity index (χ4n) is 1.98. The van der Waals surface area contributed by atoms with Gasteiger partial charge in [-0.05, 0) is 31.5 Å². The number of hydrogen-bond acceptors (Lipinski definition) is 4. The van der Waals surface area contributed by atoms with Gasteiger partial charge in [0.2, 0.25) is 0 Å². The second-order valence-electron chi connectivity index (χ2n) is 4.58. The Kier molecular flexibility index (Phi) is 5.21. The number of alkyl halides is 2. The maximum atomic E-state index is 12.1. The summed E-state index contributed by atoms with van der Waals surface area (Å²) >= 11 is 0. The molecule has 0 aliphatic rings. The van der Waals surface area contributed by atoms with E-state index in [2.05, 4.69) is 20.3 Å². The molecule has 1 heterocycles. The molecular weight excluding hydrogens is 278 g/mol. The van der Waals surface area contributed by atoms with Gasteiger partial charge in [-0.3, -0.25) is 0 Å². The lowest BCUT2D eigenvalue weighted by Crippen LogP contribution is -2.20. The third-order valence-corrected chi connectivity index (χ3v) is 3.21. The average molecular weight is 296 g/mol. The van der Waals surface area contributed by atoms with Gasteiger partial charge >= 0.3 is 6.61 Å². The molecule has 2 aromatic rings. The van der Waals surface area contributed by atoms with E-state index < -0.39 is 6.61 Å². The van der Waals surface area contributed by atoms with Gasteiger partial charge in [-0.15, -0.1) is 10.2 Å². The van der Waals surface area contributed by atoms with Gasteiger partial charge in [-0.25, -0.2) is 0 Å². The molecule has 1 unspecified atom stereocenters. The van der Waals surface area contributed by atoms with Crippen molar-refractivity contribution < 1.29 is 13.5 Å². The van der Waals surface area contributed by atoms with E-state index in [-0.39, 0.29) is 11.8 Å². The topological polar surface area (TPSA) is 52.0 Å². The van der Waals surface area contributed by atoms with Crippen LogP contribution in [0.3, 0.4) is 0 Å². The highest BCUT2D eigenvalue weighted by Crippen LogP contribution is 2.19. The third kappa shape index (κ3) is 4.22. The first-order valence-electron chi connectivity index (χ1n) is 6.75. The number of aryl methyl sites for hydroxylation is 1. The van der Waals surface area contributed by atoms with Crippen molar-refractivity contribution in [3.05, 3.63) is 42.0 Å². The molecule has 1 aromatic heterocycles. The molecule has 0 fully saturated rings. The Bertz CT molecular complexity index is 556. The van der Waals surface area contributed by atoms with Crippen LogP contribution in [0.25, 0.3) is 0 Å². The number of nitrogens with one attached hydrogen (secondary N) is 1. The highest BCUT2D eigenvalue weighted by Gasteiger charge is 2.09. The van der Waals surface area contributed by atoms with E-state index in [1.54, 1.807) is 18.5 Å². The van der Waals surface area contributed by atoms with Crippen molar-refractivity contribution in [1.82, 2.24) is 20.1 Å². The van der Waals surface area contributed by atoms with Crippen molar-refractivity contribution in [2.24, 2.45) is 0 Å². The highest BCUT2D eigenvalue weighted by molar-refractivity contribution is 5.28. The van der Waals surface area contributed by atoms with Crippen molar-refractivity contribution in [1.29, 1.82) is 0 Å². The standard InChI is InChI=1S/C14H18F2N4O/c1-3-20-9-18-19-13(20)8-17-10(2)11-4-6-12(7-5-11)21-14(15)16/h4-7,9-10,14,17H,3,8H2,1-2H3. The monoisotopic (exact) mass is 296 g/mol. The van der Waals surface area contributed by atoms with Gasteiger partial charge in [-0.2, -0.15) is 8.78 Å². The Morgan fingerprint density at radius 2 is 2.00 bits per heavy atom. The van der Waals surface area contributed by atoms with Gasteiger partial charge in [0.05, 0.1) is 6.54 Å². The van der Waals surface area contributed by atoms with Crippen LogP contribution in [0, 0.1) is 0 Å². The van der Waals surface area contributed by atoms with Gasteiger partial charge in [0.25, 0.3) is 0 Å². The van der Waals surface area contributed by atoms with Crippen LogP contribution in [-0.2, 0) is 13.1 Å². The van der Waals surface area contributed by atoms with Crippen molar-refractivity contribution in [2.45, 2.75) is 39.6 Å². The lowest BCUT2D eigenvalue weighted by atomic mass is 10.1. The smallest absolute Gasteiger partial charge is 0.387 e. The number of halogens is 2. The number of nitrogens with zero attached hydrogens (tertiary/aromatic N) is 3. The molecule has 0 saturated carbocycles. The number of hydrogen-bond donors (Lipinski definition) is 1. The molecule has 0 bridgehead atoms. The minimum atomic E-state index is -2.80. The summed E-state index contributed by atoms with van der Waals surface area (Å²) in [6, 6.07) is 6.66. The van der Waals surface area contributed by atoms with Gasteiger partial charge in [0, 0.05) is 12.6 Å². The summed E-state index contributed by atoms with van der Waals surface area (Å²) in [7, 11) is 0. The largest absolute Gasteiger partial charge is 0.435 e. The molecule has 0 aliphatic heterocycles. The summed E-state index contributed by atoms with van der Waals surface area (Å²) in [5, 5.41) is 11.2. The maximum Gasteiger partial charge on any atom is 0.387 e. The van der Waals surface area contributed by atoms with Crippen LogP contribution < -0.4 is 10.1 Å². The van der Waals surface area contributed by atoms with E-state index in [1.165, 1.54) is 12.1 Å². The van der Waals surface area contributed by atoms with Crippen molar-refractivity contribution in [3.8, 4) is 5.75 Å². The molecule has 2 rings (SSSR count). The zero-order valence-corrected chi connectivity index (χ0v) is 12.0. The van der Waals surface area contributed by atoms with Crippen LogP contribution in [0.5, 0.6) is 5.75 Å². The Morgan fingerprint density at radius 3 is 2.62 bits per heavy atom. The predicted molar refractivity (Wildman–Crippen MR) is 74.0 cm³/mol. The zero-order chi connectivity index (χ0) is 15.2. The van der Waals surface area contributed by atoms with Gasteiger partial charge < -0.3 is 14.6 Å². The van der Waals surface area contributed by atoms with Crippen molar-refractivity contribution >= 4 is 0 Å². The molecule has 114 valence electrons. The minimum absolute atomic E-state index is 0.0626. The summed E-state index contributed by atoms with van der Waals surface area (Å²) in [5.74, 6) is 1.02. The summed E-state index contributed by atoms with van der Waals surface area (Å²) in [5.41, 5.74) is 0.985. The number of aromatic nitrogens is 3. The predicted octanol–water partition coefficient (Wildman–Crippen LogP) is 2.75. The molecule has 0 radical (unpaired) electrons. The molecule has 7 heteroatoms. The first-order chi connectivity index (χ1) is 10.1. The fraction of sp³-hybridized carbons (Fsp3) is 0.429. The lowest BCUT2D eigenvalue weighted by molar-refractivity contribution is -0.0498.